The molecule has 5 heteroatoms. The van der Waals surface area contributed by atoms with Crippen LogP contribution in [-0.4, -0.2) is 28.6 Å². The van der Waals surface area contributed by atoms with E-state index in [0.717, 1.165) is 0 Å². The van der Waals surface area contributed by atoms with Gasteiger partial charge >= 0.3 is 5.97 Å². The number of aliphatic carboxylic acids is 1. The van der Waals surface area contributed by atoms with Gasteiger partial charge in [0.15, 0.2) is 0 Å². The minimum absolute atomic E-state index is 0.0227. The molecule has 1 aromatic carbocycles. The highest BCUT2D eigenvalue weighted by Gasteiger charge is 2.11. The zero-order chi connectivity index (χ0) is 13.7. The standard InChI is InChI=1S/C13H17NO4/c1-8(5-12(16)17)7-14-13(18)10-3-4-11(15)9(2)6-10/h3-4,6,8,15H,5,7H2,1-2H3,(H,14,18)(H,16,17). The lowest BCUT2D eigenvalue weighted by Crippen LogP contribution is -2.29. The number of carbonyl (C=O) groups is 2. The first-order chi connectivity index (χ1) is 8.40. The van der Waals surface area contributed by atoms with Crippen LogP contribution in [-0.2, 0) is 4.79 Å². The van der Waals surface area contributed by atoms with E-state index < -0.39 is 5.97 Å². The maximum absolute atomic E-state index is 11.8. The molecule has 5 nitrogen and oxygen atoms in total. The molecule has 0 bridgehead atoms. The summed E-state index contributed by atoms with van der Waals surface area (Å²) in [6.07, 6.45) is 0.0227. The van der Waals surface area contributed by atoms with Crippen LogP contribution in [0, 0.1) is 12.8 Å². The molecule has 0 fully saturated rings. The van der Waals surface area contributed by atoms with E-state index in [-0.39, 0.29) is 24.0 Å². The first-order valence-electron chi connectivity index (χ1n) is 5.69. The lowest BCUT2D eigenvalue weighted by atomic mass is 10.1. The van der Waals surface area contributed by atoms with E-state index in [1.807, 2.05) is 0 Å². The molecule has 0 aromatic heterocycles. The maximum Gasteiger partial charge on any atom is 0.303 e. The highest BCUT2D eigenvalue weighted by Crippen LogP contribution is 2.16. The van der Waals surface area contributed by atoms with Crippen LogP contribution < -0.4 is 5.32 Å². The van der Waals surface area contributed by atoms with E-state index in [1.54, 1.807) is 19.9 Å². The van der Waals surface area contributed by atoms with Crippen molar-refractivity contribution >= 4 is 11.9 Å². The predicted molar refractivity (Wildman–Crippen MR) is 66.6 cm³/mol. The molecule has 1 amide bonds. The number of nitrogens with one attached hydrogen (secondary N) is 1. The number of aryl methyl sites for hydroxylation is 1. The van der Waals surface area contributed by atoms with Crippen LogP contribution in [0.25, 0.3) is 0 Å². The van der Waals surface area contributed by atoms with E-state index >= 15 is 0 Å². The number of phenolic OH excluding ortho intramolecular Hbond substituents is 1. The molecule has 0 aliphatic heterocycles. The molecule has 0 heterocycles. The number of rotatable bonds is 5. The molecule has 3 N–H and O–H groups in total. The molecular formula is C13H17NO4. The van der Waals surface area contributed by atoms with Crippen LogP contribution in [0.3, 0.4) is 0 Å². The summed E-state index contributed by atoms with van der Waals surface area (Å²) >= 11 is 0. The van der Waals surface area contributed by atoms with E-state index in [0.29, 0.717) is 17.7 Å². The fourth-order valence-electron chi connectivity index (χ4n) is 1.54. The summed E-state index contributed by atoms with van der Waals surface area (Å²) in [7, 11) is 0. The number of phenols is 1. The monoisotopic (exact) mass is 251 g/mol. The van der Waals surface area contributed by atoms with E-state index in [2.05, 4.69) is 5.32 Å². The number of amides is 1. The first-order valence-corrected chi connectivity index (χ1v) is 5.69. The molecule has 0 aliphatic carbocycles. The Hall–Kier alpha value is -2.04. The Labute approximate surface area is 105 Å². The fourth-order valence-corrected chi connectivity index (χ4v) is 1.54. The van der Waals surface area contributed by atoms with Gasteiger partial charge in [0.25, 0.3) is 5.91 Å². The topological polar surface area (TPSA) is 86.6 Å². The average Bonchev–Trinajstić information content (AvgIpc) is 2.28. The largest absolute Gasteiger partial charge is 0.508 e. The van der Waals surface area contributed by atoms with Crippen molar-refractivity contribution in [2.24, 2.45) is 5.92 Å². The van der Waals surface area contributed by atoms with Crippen LogP contribution in [0.4, 0.5) is 0 Å². The van der Waals surface area contributed by atoms with E-state index in [4.69, 9.17) is 5.11 Å². The van der Waals surface area contributed by atoms with Gasteiger partial charge in [-0.3, -0.25) is 9.59 Å². The molecule has 0 radical (unpaired) electrons. The second kappa shape index (κ2) is 6.05. The van der Waals surface area contributed by atoms with Gasteiger partial charge in [-0.15, -0.1) is 0 Å². The number of hydrogen-bond donors (Lipinski definition) is 3. The van der Waals surface area contributed by atoms with Gasteiger partial charge in [0, 0.05) is 18.5 Å². The van der Waals surface area contributed by atoms with Crippen LogP contribution in [0.5, 0.6) is 5.75 Å². The smallest absolute Gasteiger partial charge is 0.303 e. The van der Waals surface area contributed by atoms with Gasteiger partial charge in [0.05, 0.1) is 0 Å². The Morgan fingerprint density at radius 1 is 1.39 bits per heavy atom. The van der Waals surface area contributed by atoms with Crippen molar-refractivity contribution in [3.05, 3.63) is 29.3 Å². The van der Waals surface area contributed by atoms with Crippen molar-refractivity contribution in [2.45, 2.75) is 20.3 Å². The summed E-state index contributed by atoms with van der Waals surface area (Å²) in [6.45, 7) is 3.78. The summed E-state index contributed by atoms with van der Waals surface area (Å²) in [6, 6.07) is 4.58. The third kappa shape index (κ3) is 4.08. The first kappa shape index (κ1) is 14.0. The van der Waals surface area contributed by atoms with E-state index in [1.165, 1.54) is 12.1 Å². The van der Waals surface area contributed by atoms with E-state index in [9.17, 15) is 14.7 Å². The molecule has 1 unspecified atom stereocenters. The predicted octanol–water partition coefficient (Wildman–Crippen LogP) is 1.54. The normalized spacial score (nSPS) is 11.9. The molecular weight excluding hydrogens is 234 g/mol. The minimum Gasteiger partial charge on any atom is -0.508 e. The van der Waals surface area contributed by atoms with Gasteiger partial charge in [0.1, 0.15) is 5.75 Å². The van der Waals surface area contributed by atoms with Crippen LogP contribution in [0.2, 0.25) is 0 Å². The number of carboxylic acids is 1. The number of carbonyl (C=O) groups excluding carboxylic acids is 1. The molecule has 18 heavy (non-hydrogen) atoms. The third-order valence-corrected chi connectivity index (χ3v) is 2.59. The summed E-state index contributed by atoms with van der Waals surface area (Å²) in [4.78, 5) is 22.2. The number of hydrogen-bond acceptors (Lipinski definition) is 3. The zero-order valence-electron chi connectivity index (χ0n) is 10.4. The molecule has 0 spiro atoms. The quantitative estimate of drug-likeness (QED) is 0.740. The van der Waals surface area contributed by atoms with Gasteiger partial charge < -0.3 is 15.5 Å². The Balaban J connectivity index is 2.55. The lowest BCUT2D eigenvalue weighted by Gasteiger charge is -2.10. The lowest BCUT2D eigenvalue weighted by molar-refractivity contribution is -0.137. The van der Waals surface area contributed by atoms with Crippen molar-refractivity contribution in [3.8, 4) is 5.75 Å². The zero-order valence-corrected chi connectivity index (χ0v) is 10.4. The summed E-state index contributed by atoms with van der Waals surface area (Å²) in [5.41, 5.74) is 1.08. The molecule has 0 saturated heterocycles. The van der Waals surface area contributed by atoms with Crippen LogP contribution in [0.1, 0.15) is 29.3 Å². The Kier molecular flexibility index (Phi) is 4.71. The second-order valence-corrected chi connectivity index (χ2v) is 4.41. The molecule has 0 saturated carbocycles. The Morgan fingerprint density at radius 3 is 2.61 bits per heavy atom. The van der Waals surface area contributed by atoms with Gasteiger partial charge in [-0.2, -0.15) is 0 Å². The van der Waals surface area contributed by atoms with Crippen molar-refractivity contribution in [2.75, 3.05) is 6.54 Å². The average molecular weight is 251 g/mol. The second-order valence-electron chi connectivity index (χ2n) is 4.41. The van der Waals surface area contributed by atoms with Gasteiger partial charge in [-0.05, 0) is 36.6 Å². The summed E-state index contributed by atoms with van der Waals surface area (Å²) < 4.78 is 0. The molecule has 98 valence electrons. The van der Waals surface area contributed by atoms with Crippen LogP contribution in [0.15, 0.2) is 18.2 Å². The minimum atomic E-state index is -0.878. The van der Waals surface area contributed by atoms with Gasteiger partial charge in [-0.25, -0.2) is 0 Å². The molecule has 0 aliphatic rings. The summed E-state index contributed by atoms with van der Waals surface area (Å²) in [5, 5.41) is 20.6. The summed E-state index contributed by atoms with van der Waals surface area (Å²) in [5.74, 6) is -1.12. The third-order valence-electron chi connectivity index (χ3n) is 2.59. The Bertz CT molecular complexity index is 456. The highest BCUT2D eigenvalue weighted by atomic mass is 16.4. The van der Waals surface area contributed by atoms with Crippen molar-refractivity contribution in [1.29, 1.82) is 0 Å². The van der Waals surface area contributed by atoms with Gasteiger partial charge in [-0.1, -0.05) is 6.92 Å². The number of carboxylic acid groups (broad SMARTS) is 1. The molecule has 1 rings (SSSR count). The SMILES string of the molecule is Cc1cc(C(=O)NCC(C)CC(=O)O)ccc1O. The Morgan fingerprint density at radius 2 is 2.06 bits per heavy atom. The maximum atomic E-state index is 11.8. The molecule has 1 atom stereocenters. The van der Waals surface area contributed by atoms with Crippen molar-refractivity contribution in [3.63, 3.8) is 0 Å². The van der Waals surface area contributed by atoms with Crippen molar-refractivity contribution in [1.82, 2.24) is 5.32 Å². The highest BCUT2D eigenvalue weighted by molar-refractivity contribution is 5.94. The number of benzene rings is 1. The van der Waals surface area contributed by atoms with Crippen LogP contribution >= 0.6 is 0 Å². The molecule has 1 aromatic rings. The fraction of sp³-hybridized carbons (Fsp3) is 0.385. The van der Waals surface area contributed by atoms with Gasteiger partial charge in [0.2, 0.25) is 0 Å². The van der Waals surface area contributed by atoms with Crippen molar-refractivity contribution < 1.29 is 19.8 Å². The number of aromatic hydroxyl groups is 1.